The van der Waals surface area contributed by atoms with Crippen molar-refractivity contribution in [1.82, 2.24) is 9.97 Å². The Labute approximate surface area is 115 Å². The van der Waals surface area contributed by atoms with Gasteiger partial charge in [-0.1, -0.05) is 0 Å². The molecule has 5 nitrogen and oxygen atoms in total. The first-order valence-electron chi connectivity index (χ1n) is 5.79. The van der Waals surface area contributed by atoms with E-state index in [1.54, 1.807) is 25.4 Å². The van der Waals surface area contributed by atoms with Crippen molar-refractivity contribution < 1.29 is 9.90 Å². The minimum atomic E-state index is -0.983. The molecule has 0 amide bonds. The molecule has 2 heterocycles. The van der Waals surface area contributed by atoms with E-state index in [1.807, 2.05) is 19.2 Å². The lowest BCUT2D eigenvalue weighted by Gasteiger charge is -2.25. The predicted octanol–water partition coefficient (Wildman–Crippen LogP) is 2.89. The molecular formula is C13H15N3O2S. The molecule has 0 bridgehead atoms. The topological polar surface area (TPSA) is 75.1 Å². The molecule has 0 spiro atoms. The number of aromatic nitrogens is 2. The highest BCUT2D eigenvalue weighted by Gasteiger charge is 2.26. The molecule has 0 radical (unpaired) electrons. The normalized spacial score (nSPS) is 11.3. The van der Waals surface area contributed by atoms with E-state index in [0.717, 1.165) is 5.01 Å². The Balaban J connectivity index is 2.39. The Morgan fingerprint density at radius 1 is 1.37 bits per heavy atom. The second kappa shape index (κ2) is 4.97. The van der Waals surface area contributed by atoms with Crippen LogP contribution in [0.2, 0.25) is 0 Å². The maximum Gasteiger partial charge on any atom is 0.339 e. The first-order chi connectivity index (χ1) is 8.92. The van der Waals surface area contributed by atoms with Crippen molar-refractivity contribution in [1.29, 1.82) is 0 Å². The molecule has 6 heteroatoms. The van der Waals surface area contributed by atoms with E-state index < -0.39 is 11.5 Å². The number of aromatic carboxylic acids is 1. The number of pyridine rings is 1. The fourth-order valence-corrected chi connectivity index (χ4v) is 2.52. The number of hydrogen-bond donors (Lipinski definition) is 2. The van der Waals surface area contributed by atoms with Gasteiger partial charge in [0.05, 0.1) is 5.54 Å². The summed E-state index contributed by atoms with van der Waals surface area (Å²) in [5.41, 5.74) is 0.408. The molecule has 0 saturated carbocycles. The minimum Gasteiger partial charge on any atom is -0.478 e. The number of carboxylic acid groups (broad SMARTS) is 1. The maximum atomic E-state index is 11.3. The second-order valence-corrected chi connectivity index (χ2v) is 5.64. The largest absolute Gasteiger partial charge is 0.478 e. The number of nitrogens with zero attached hydrogens (tertiary/aromatic N) is 2. The highest BCUT2D eigenvalue weighted by Crippen LogP contribution is 2.28. The van der Waals surface area contributed by atoms with Gasteiger partial charge in [0.15, 0.2) is 0 Å². The van der Waals surface area contributed by atoms with Crippen molar-refractivity contribution in [3.05, 3.63) is 40.0 Å². The van der Waals surface area contributed by atoms with Gasteiger partial charge in [0.1, 0.15) is 16.4 Å². The monoisotopic (exact) mass is 277 g/mol. The molecule has 0 aliphatic carbocycles. The van der Waals surface area contributed by atoms with E-state index in [0.29, 0.717) is 11.4 Å². The zero-order valence-electron chi connectivity index (χ0n) is 11.0. The number of hydrogen-bond acceptors (Lipinski definition) is 5. The summed E-state index contributed by atoms with van der Waals surface area (Å²) in [6.45, 7) is 5.65. The lowest BCUT2D eigenvalue weighted by atomic mass is 10.0. The van der Waals surface area contributed by atoms with Crippen LogP contribution in [0.15, 0.2) is 23.8 Å². The third-order valence-corrected chi connectivity index (χ3v) is 3.87. The summed E-state index contributed by atoms with van der Waals surface area (Å²) in [5, 5.41) is 15.2. The fourth-order valence-electron chi connectivity index (χ4n) is 1.80. The van der Waals surface area contributed by atoms with E-state index in [1.165, 1.54) is 11.3 Å². The van der Waals surface area contributed by atoms with Gasteiger partial charge in [0.2, 0.25) is 0 Å². The first kappa shape index (κ1) is 13.5. The Kier molecular flexibility index (Phi) is 3.53. The molecule has 2 aromatic heterocycles. The van der Waals surface area contributed by atoms with E-state index in [4.69, 9.17) is 0 Å². The third kappa shape index (κ3) is 2.73. The summed E-state index contributed by atoms with van der Waals surface area (Å²) >= 11 is 1.52. The number of carbonyl (C=O) groups is 1. The molecule has 0 aromatic carbocycles. The van der Waals surface area contributed by atoms with Gasteiger partial charge >= 0.3 is 5.97 Å². The molecule has 2 aromatic rings. The van der Waals surface area contributed by atoms with Crippen LogP contribution in [-0.2, 0) is 5.54 Å². The Hall–Kier alpha value is -1.95. The predicted molar refractivity (Wildman–Crippen MR) is 74.7 cm³/mol. The second-order valence-electron chi connectivity index (χ2n) is 4.74. The fraction of sp³-hybridized carbons (Fsp3) is 0.308. The van der Waals surface area contributed by atoms with Crippen LogP contribution >= 0.6 is 11.3 Å². The highest BCUT2D eigenvalue weighted by molar-refractivity contribution is 7.09. The molecule has 0 aliphatic rings. The van der Waals surface area contributed by atoms with Crippen molar-refractivity contribution in [2.45, 2.75) is 26.3 Å². The zero-order chi connectivity index (χ0) is 14.0. The molecule has 0 atom stereocenters. The first-order valence-corrected chi connectivity index (χ1v) is 6.67. The average Bonchev–Trinajstić information content (AvgIpc) is 2.81. The summed E-state index contributed by atoms with van der Waals surface area (Å²) in [7, 11) is 0. The molecule has 2 rings (SSSR count). The molecule has 2 N–H and O–H groups in total. The molecule has 0 saturated heterocycles. The van der Waals surface area contributed by atoms with Crippen LogP contribution in [0.1, 0.15) is 34.8 Å². The summed E-state index contributed by atoms with van der Waals surface area (Å²) < 4.78 is 0. The van der Waals surface area contributed by atoms with Crippen LogP contribution in [-0.4, -0.2) is 21.0 Å². The van der Waals surface area contributed by atoms with Crippen LogP contribution in [0.5, 0.6) is 0 Å². The average molecular weight is 277 g/mol. The maximum absolute atomic E-state index is 11.3. The quantitative estimate of drug-likeness (QED) is 0.898. The third-order valence-electron chi connectivity index (χ3n) is 2.77. The molecule has 0 unspecified atom stereocenters. The standard InChI is InChI=1S/C13H15N3O2S/c1-8-4-5-14-10(9(8)11(17)18)16-13(2,3)12-15-6-7-19-12/h4-7H,1-3H3,(H,14,16)(H,17,18). The van der Waals surface area contributed by atoms with Crippen LogP contribution in [0.3, 0.4) is 0 Å². The molecule has 0 aliphatic heterocycles. The SMILES string of the molecule is Cc1ccnc(NC(C)(C)c2nccs2)c1C(=O)O. The Bertz CT molecular complexity index is 594. The smallest absolute Gasteiger partial charge is 0.339 e. The van der Waals surface area contributed by atoms with Gasteiger partial charge in [-0.3, -0.25) is 0 Å². The number of carboxylic acids is 1. The van der Waals surface area contributed by atoms with Crippen LogP contribution in [0.4, 0.5) is 5.82 Å². The van der Waals surface area contributed by atoms with Crippen molar-refractivity contribution >= 4 is 23.1 Å². The van der Waals surface area contributed by atoms with Gasteiger partial charge in [-0.2, -0.15) is 0 Å². The summed E-state index contributed by atoms with van der Waals surface area (Å²) in [6, 6.07) is 1.69. The number of aryl methyl sites for hydroxylation is 1. The van der Waals surface area contributed by atoms with Crippen LogP contribution in [0, 0.1) is 6.92 Å². The van der Waals surface area contributed by atoms with Gasteiger partial charge in [-0.25, -0.2) is 14.8 Å². The molecule has 100 valence electrons. The van der Waals surface area contributed by atoms with Gasteiger partial charge in [-0.15, -0.1) is 11.3 Å². The van der Waals surface area contributed by atoms with Crippen molar-refractivity contribution in [3.63, 3.8) is 0 Å². The molecule has 0 fully saturated rings. The van der Waals surface area contributed by atoms with Crippen molar-refractivity contribution in [2.24, 2.45) is 0 Å². The van der Waals surface area contributed by atoms with Gasteiger partial charge < -0.3 is 10.4 Å². The van der Waals surface area contributed by atoms with E-state index in [2.05, 4.69) is 15.3 Å². The summed E-state index contributed by atoms with van der Waals surface area (Å²) in [6.07, 6.45) is 3.33. The van der Waals surface area contributed by atoms with E-state index in [9.17, 15) is 9.90 Å². The zero-order valence-corrected chi connectivity index (χ0v) is 11.8. The van der Waals surface area contributed by atoms with E-state index in [-0.39, 0.29) is 5.56 Å². The number of anilines is 1. The van der Waals surface area contributed by atoms with Crippen LogP contribution < -0.4 is 5.32 Å². The van der Waals surface area contributed by atoms with Crippen molar-refractivity contribution in [2.75, 3.05) is 5.32 Å². The Morgan fingerprint density at radius 3 is 2.68 bits per heavy atom. The van der Waals surface area contributed by atoms with Crippen LogP contribution in [0.25, 0.3) is 0 Å². The van der Waals surface area contributed by atoms with E-state index >= 15 is 0 Å². The lowest BCUT2D eigenvalue weighted by molar-refractivity contribution is 0.0696. The minimum absolute atomic E-state index is 0.201. The summed E-state index contributed by atoms with van der Waals surface area (Å²) in [5.74, 6) is -0.615. The number of nitrogens with one attached hydrogen (secondary N) is 1. The van der Waals surface area contributed by atoms with Crippen molar-refractivity contribution in [3.8, 4) is 0 Å². The summed E-state index contributed by atoms with van der Waals surface area (Å²) in [4.78, 5) is 19.7. The van der Waals surface area contributed by atoms with Gasteiger partial charge in [-0.05, 0) is 32.4 Å². The number of thiazole rings is 1. The van der Waals surface area contributed by atoms with Gasteiger partial charge in [0, 0.05) is 17.8 Å². The Morgan fingerprint density at radius 2 is 2.11 bits per heavy atom. The highest BCUT2D eigenvalue weighted by atomic mass is 32.1. The number of rotatable bonds is 4. The van der Waals surface area contributed by atoms with Gasteiger partial charge in [0.25, 0.3) is 0 Å². The molecule has 19 heavy (non-hydrogen) atoms. The molecular weight excluding hydrogens is 262 g/mol. The lowest BCUT2D eigenvalue weighted by Crippen LogP contribution is -2.29.